The number of aliphatic hydroxyl groups is 1. The Kier molecular flexibility index (Phi) is 7.52. The number of carbonyl (C=O) groups is 2. The number of aliphatic hydroxyl groups excluding tert-OH is 1. The third kappa shape index (κ3) is 5.73. The predicted molar refractivity (Wildman–Crippen MR) is 144 cm³/mol. The van der Waals surface area contributed by atoms with Crippen LogP contribution in [0.5, 0.6) is 5.75 Å². The molecule has 0 saturated carbocycles. The average Bonchev–Trinajstić information content (AvgIpc) is 2.93. The molecule has 5 nitrogen and oxygen atoms in total. The third-order valence-electron chi connectivity index (χ3n) is 7.03. The second kappa shape index (κ2) is 11.2. The van der Waals surface area contributed by atoms with Gasteiger partial charge in [0.05, 0.1) is 18.1 Å². The van der Waals surface area contributed by atoms with Gasteiger partial charge in [0.1, 0.15) is 17.4 Å². The molecule has 1 saturated heterocycles. The Hall–Kier alpha value is -4.36. The van der Waals surface area contributed by atoms with Crippen molar-refractivity contribution in [1.29, 1.82) is 0 Å². The van der Waals surface area contributed by atoms with Gasteiger partial charge in [0, 0.05) is 12.6 Å². The molecule has 1 fully saturated rings. The zero-order chi connectivity index (χ0) is 27.5. The highest BCUT2D eigenvalue weighted by molar-refractivity contribution is 6.03. The fourth-order valence-electron chi connectivity index (χ4n) is 5.04. The number of β-lactam (4-membered cyclic amide) rings is 1. The number of hydrogen-bond donors (Lipinski definition) is 1. The monoisotopic (exact) mass is 527 g/mol. The van der Waals surface area contributed by atoms with Crippen molar-refractivity contribution in [3.05, 3.63) is 120 Å². The number of nitrogens with zero attached hydrogens (tertiary/aromatic N) is 1. The Bertz CT molecular complexity index is 1450. The fourth-order valence-corrected chi connectivity index (χ4v) is 5.04. The summed E-state index contributed by atoms with van der Waals surface area (Å²) in [6, 6.07) is 26.3. The predicted octanol–water partition coefficient (Wildman–Crippen LogP) is 6.78. The molecular formula is C32H27F2NO4. The standard InChI is InChI=1S/C32H27F2NO4/c1-20(36)39-28-16-8-22(9-17-28)21-2-4-24(5-3-21)31-29(18-19-30(37)23-6-10-25(33)11-7-23)32(38)35(31)27-14-12-26(34)13-15-27/h2-17,29-31,37H,18-19H2,1H3. The first-order valence-corrected chi connectivity index (χ1v) is 12.7. The van der Waals surface area contributed by atoms with E-state index >= 15 is 0 Å². The minimum Gasteiger partial charge on any atom is -0.427 e. The molecule has 3 atom stereocenters. The topological polar surface area (TPSA) is 66.8 Å². The Morgan fingerprint density at radius 3 is 1.95 bits per heavy atom. The minimum atomic E-state index is -0.823. The number of esters is 1. The molecule has 0 aromatic heterocycles. The summed E-state index contributed by atoms with van der Waals surface area (Å²) in [6.45, 7) is 1.35. The Morgan fingerprint density at radius 1 is 0.846 bits per heavy atom. The van der Waals surface area contributed by atoms with Gasteiger partial charge in [-0.05, 0) is 83.6 Å². The molecule has 39 heavy (non-hydrogen) atoms. The van der Waals surface area contributed by atoms with Crippen molar-refractivity contribution in [3.63, 3.8) is 0 Å². The van der Waals surface area contributed by atoms with Crippen LogP contribution in [0.2, 0.25) is 0 Å². The van der Waals surface area contributed by atoms with Crippen LogP contribution in [0.25, 0.3) is 11.1 Å². The second-order valence-electron chi connectivity index (χ2n) is 9.62. The summed E-state index contributed by atoms with van der Waals surface area (Å²) in [4.78, 5) is 26.1. The van der Waals surface area contributed by atoms with Gasteiger partial charge in [-0.2, -0.15) is 0 Å². The van der Waals surface area contributed by atoms with E-state index in [0.717, 1.165) is 16.7 Å². The lowest BCUT2D eigenvalue weighted by atomic mass is 9.78. The molecule has 3 unspecified atom stereocenters. The highest BCUT2D eigenvalue weighted by Crippen LogP contribution is 2.46. The Balaban J connectivity index is 1.37. The molecule has 1 aliphatic rings. The Morgan fingerprint density at radius 2 is 1.38 bits per heavy atom. The van der Waals surface area contributed by atoms with Crippen LogP contribution in [0.4, 0.5) is 14.5 Å². The van der Waals surface area contributed by atoms with E-state index in [4.69, 9.17) is 4.74 Å². The number of amides is 1. The minimum absolute atomic E-state index is 0.0944. The Labute approximate surface area is 225 Å². The maximum Gasteiger partial charge on any atom is 0.308 e. The van der Waals surface area contributed by atoms with Gasteiger partial charge in [-0.3, -0.25) is 9.59 Å². The van der Waals surface area contributed by atoms with Crippen molar-refractivity contribution in [2.75, 3.05) is 4.90 Å². The molecule has 4 aromatic rings. The van der Waals surface area contributed by atoms with Crippen LogP contribution >= 0.6 is 0 Å². The van der Waals surface area contributed by atoms with Crippen LogP contribution in [0.1, 0.15) is 43.0 Å². The van der Waals surface area contributed by atoms with Crippen molar-refractivity contribution in [1.82, 2.24) is 0 Å². The first-order chi connectivity index (χ1) is 18.8. The van der Waals surface area contributed by atoms with Crippen molar-refractivity contribution in [3.8, 4) is 16.9 Å². The van der Waals surface area contributed by atoms with Gasteiger partial charge in [0.2, 0.25) is 5.91 Å². The molecule has 0 radical (unpaired) electrons. The first kappa shape index (κ1) is 26.3. The van der Waals surface area contributed by atoms with Crippen LogP contribution < -0.4 is 9.64 Å². The summed E-state index contributed by atoms with van der Waals surface area (Å²) in [5, 5.41) is 10.7. The van der Waals surface area contributed by atoms with Crippen LogP contribution in [0.15, 0.2) is 97.1 Å². The second-order valence-corrected chi connectivity index (χ2v) is 9.62. The van der Waals surface area contributed by atoms with E-state index in [0.29, 0.717) is 29.8 Å². The number of anilines is 1. The zero-order valence-corrected chi connectivity index (χ0v) is 21.3. The largest absolute Gasteiger partial charge is 0.427 e. The molecule has 1 heterocycles. The van der Waals surface area contributed by atoms with E-state index < -0.39 is 6.10 Å². The fraction of sp³-hybridized carbons (Fsp3) is 0.188. The summed E-state index contributed by atoms with van der Waals surface area (Å²) >= 11 is 0. The van der Waals surface area contributed by atoms with Crippen LogP contribution in [0, 0.1) is 17.6 Å². The number of benzene rings is 4. The number of halogens is 2. The van der Waals surface area contributed by atoms with E-state index in [2.05, 4.69) is 0 Å². The lowest BCUT2D eigenvalue weighted by Crippen LogP contribution is -2.55. The van der Waals surface area contributed by atoms with Gasteiger partial charge in [-0.1, -0.05) is 48.5 Å². The summed E-state index contributed by atoms with van der Waals surface area (Å²) < 4.78 is 31.9. The van der Waals surface area contributed by atoms with Gasteiger partial charge in [0.15, 0.2) is 0 Å². The molecule has 198 valence electrons. The highest BCUT2D eigenvalue weighted by Gasteiger charge is 2.48. The first-order valence-electron chi connectivity index (χ1n) is 12.7. The van der Waals surface area contributed by atoms with Crippen molar-refractivity contribution < 1.29 is 28.2 Å². The molecule has 1 amide bonds. The molecular weight excluding hydrogens is 500 g/mol. The van der Waals surface area contributed by atoms with E-state index in [-0.39, 0.29) is 35.5 Å². The summed E-state index contributed by atoms with van der Waals surface area (Å²) in [7, 11) is 0. The maximum atomic E-state index is 13.6. The van der Waals surface area contributed by atoms with Crippen molar-refractivity contribution in [2.24, 2.45) is 5.92 Å². The van der Waals surface area contributed by atoms with Gasteiger partial charge in [-0.15, -0.1) is 0 Å². The molecule has 0 bridgehead atoms. The van der Waals surface area contributed by atoms with E-state index in [1.165, 1.54) is 31.2 Å². The lowest BCUT2D eigenvalue weighted by molar-refractivity contribution is -0.132. The molecule has 0 aliphatic carbocycles. The van der Waals surface area contributed by atoms with Crippen molar-refractivity contribution in [2.45, 2.75) is 31.9 Å². The van der Waals surface area contributed by atoms with Crippen LogP contribution in [-0.4, -0.2) is 17.0 Å². The summed E-state index contributed by atoms with van der Waals surface area (Å²) in [5.41, 5.74) is 4.01. The third-order valence-corrected chi connectivity index (χ3v) is 7.03. The van der Waals surface area contributed by atoms with Crippen molar-refractivity contribution >= 4 is 17.6 Å². The number of carbonyl (C=O) groups excluding carboxylic acids is 2. The van der Waals surface area contributed by atoms with Crippen LogP contribution in [0.3, 0.4) is 0 Å². The number of ether oxygens (including phenoxy) is 1. The quantitative estimate of drug-likeness (QED) is 0.156. The zero-order valence-electron chi connectivity index (χ0n) is 21.3. The maximum absolute atomic E-state index is 13.6. The van der Waals surface area contributed by atoms with Gasteiger partial charge < -0.3 is 14.7 Å². The van der Waals surface area contributed by atoms with E-state index in [1.807, 2.05) is 36.4 Å². The molecule has 7 heteroatoms. The molecule has 5 rings (SSSR count). The lowest BCUT2D eigenvalue weighted by Gasteiger charge is -2.48. The van der Waals surface area contributed by atoms with Gasteiger partial charge >= 0.3 is 5.97 Å². The average molecular weight is 528 g/mol. The highest BCUT2D eigenvalue weighted by atomic mass is 19.1. The van der Waals surface area contributed by atoms with E-state index in [1.54, 1.807) is 41.3 Å². The molecule has 1 aliphatic heterocycles. The van der Waals surface area contributed by atoms with Crippen LogP contribution in [-0.2, 0) is 9.59 Å². The van der Waals surface area contributed by atoms with Gasteiger partial charge in [0.25, 0.3) is 0 Å². The normalized spacial score (nSPS) is 17.4. The number of rotatable bonds is 8. The summed E-state index contributed by atoms with van der Waals surface area (Å²) in [5.74, 6) is -1.14. The number of hydrogen-bond acceptors (Lipinski definition) is 4. The summed E-state index contributed by atoms with van der Waals surface area (Å²) in [6.07, 6.45) is -0.0574. The SMILES string of the molecule is CC(=O)Oc1ccc(-c2ccc(C3C(CCC(O)c4ccc(F)cc4)C(=O)N3c3ccc(F)cc3)cc2)cc1. The smallest absolute Gasteiger partial charge is 0.308 e. The van der Waals surface area contributed by atoms with E-state index in [9.17, 15) is 23.5 Å². The molecule has 4 aromatic carbocycles. The van der Waals surface area contributed by atoms with Gasteiger partial charge in [-0.25, -0.2) is 8.78 Å². The molecule has 1 N–H and O–H groups in total. The molecule has 0 spiro atoms.